The monoisotopic (exact) mass is 390 g/mol. The highest BCUT2D eigenvalue weighted by atomic mass is 19.4. The first-order valence-corrected chi connectivity index (χ1v) is 8.25. The van der Waals surface area contributed by atoms with Crippen LogP contribution in [0.25, 0.3) is 0 Å². The Kier molecular flexibility index (Phi) is 5.39. The van der Waals surface area contributed by atoms with Crippen molar-refractivity contribution in [3.8, 4) is 0 Å². The maximum Gasteiger partial charge on any atom is 0.416 e. The van der Waals surface area contributed by atoms with E-state index in [1.165, 1.54) is 48.8 Å². The van der Waals surface area contributed by atoms with Crippen molar-refractivity contribution in [1.82, 2.24) is 9.97 Å². The fraction of sp³-hybridized carbons (Fsp3) is 0.150. The molecule has 3 aromatic rings. The number of halogens is 4. The Hall–Kier alpha value is -3.29. The molecule has 0 spiro atoms. The second-order valence-corrected chi connectivity index (χ2v) is 6.11. The van der Waals surface area contributed by atoms with Crippen molar-refractivity contribution in [3.05, 3.63) is 99.5 Å². The molecule has 1 aromatic carbocycles. The summed E-state index contributed by atoms with van der Waals surface area (Å²) in [6, 6.07) is 9.25. The molecule has 8 heteroatoms. The second-order valence-electron chi connectivity index (χ2n) is 6.11. The Balaban J connectivity index is 1.98. The Bertz CT molecular complexity index is 1020. The lowest BCUT2D eigenvalue weighted by Crippen LogP contribution is -2.14. The lowest BCUT2D eigenvalue weighted by molar-refractivity contribution is -0.137. The zero-order valence-corrected chi connectivity index (χ0v) is 14.3. The van der Waals surface area contributed by atoms with Crippen LogP contribution >= 0.6 is 0 Å². The summed E-state index contributed by atoms with van der Waals surface area (Å²) in [5.41, 5.74) is -0.744. The molecule has 144 valence electrons. The molecular weight excluding hydrogens is 376 g/mol. The average Bonchev–Trinajstić information content (AvgIpc) is 2.66. The van der Waals surface area contributed by atoms with E-state index in [9.17, 15) is 27.2 Å². The molecule has 0 radical (unpaired) electrons. The van der Waals surface area contributed by atoms with Crippen LogP contribution in [0.2, 0.25) is 0 Å². The van der Waals surface area contributed by atoms with Crippen LogP contribution in [0.1, 0.15) is 39.5 Å². The SMILES string of the molecule is O=C(C[C@@H](c1ccc(C(F)(F)F)cc1)c1ncccc1F)c1ccc(=O)[nH]c1. The molecule has 0 bridgehead atoms. The molecule has 0 saturated heterocycles. The number of rotatable bonds is 5. The van der Waals surface area contributed by atoms with Crippen molar-refractivity contribution in [2.75, 3.05) is 0 Å². The van der Waals surface area contributed by atoms with Gasteiger partial charge >= 0.3 is 6.18 Å². The standard InChI is InChI=1S/C20H14F4N2O2/c21-16-2-1-9-25-19(16)15(10-17(27)13-5-8-18(28)26-11-13)12-3-6-14(7-4-12)20(22,23)24/h1-9,11,15H,10H2,(H,26,28)/t15-/m0/s1. The molecule has 0 aliphatic heterocycles. The molecule has 1 atom stereocenters. The molecule has 3 rings (SSSR count). The Labute approximate surface area is 156 Å². The first-order valence-electron chi connectivity index (χ1n) is 8.25. The van der Waals surface area contributed by atoms with Crippen LogP contribution < -0.4 is 5.56 Å². The third-order valence-electron chi connectivity index (χ3n) is 4.25. The molecule has 0 saturated carbocycles. The lowest BCUT2D eigenvalue weighted by atomic mass is 9.88. The van der Waals surface area contributed by atoms with Crippen LogP contribution in [0, 0.1) is 5.82 Å². The van der Waals surface area contributed by atoms with E-state index < -0.39 is 29.3 Å². The highest BCUT2D eigenvalue weighted by Crippen LogP contribution is 2.33. The third kappa shape index (κ3) is 4.33. The fourth-order valence-corrected chi connectivity index (χ4v) is 2.82. The number of nitrogens with zero attached hydrogens (tertiary/aromatic N) is 1. The van der Waals surface area contributed by atoms with Gasteiger partial charge in [-0.25, -0.2) is 4.39 Å². The van der Waals surface area contributed by atoms with Crippen LogP contribution in [0.15, 0.2) is 65.7 Å². The topological polar surface area (TPSA) is 62.8 Å². The summed E-state index contributed by atoms with van der Waals surface area (Å²) in [7, 11) is 0. The van der Waals surface area contributed by atoms with Crippen molar-refractivity contribution < 1.29 is 22.4 Å². The zero-order chi connectivity index (χ0) is 20.3. The van der Waals surface area contributed by atoms with Gasteiger partial charge in [-0.05, 0) is 35.9 Å². The van der Waals surface area contributed by atoms with Gasteiger partial charge in [0.05, 0.1) is 11.3 Å². The number of carbonyl (C=O) groups excluding carboxylic acids is 1. The van der Waals surface area contributed by atoms with E-state index in [1.807, 2.05) is 0 Å². The highest BCUT2D eigenvalue weighted by molar-refractivity contribution is 5.96. The number of aromatic nitrogens is 2. The molecule has 1 N–H and O–H groups in total. The van der Waals surface area contributed by atoms with Gasteiger partial charge in [-0.2, -0.15) is 13.2 Å². The first kappa shape index (κ1) is 19.5. The molecule has 2 aromatic heterocycles. The summed E-state index contributed by atoms with van der Waals surface area (Å²) < 4.78 is 52.7. The van der Waals surface area contributed by atoms with Gasteiger partial charge in [-0.3, -0.25) is 14.6 Å². The molecule has 0 aliphatic carbocycles. The summed E-state index contributed by atoms with van der Waals surface area (Å²) in [6.45, 7) is 0. The molecule has 2 heterocycles. The number of ketones is 1. The van der Waals surface area contributed by atoms with Gasteiger partial charge in [0.15, 0.2) is 5.78 Å². The van der Waals surface area contributed by atoms with E-state index in [1.54, 1.807) is 0 Å². The molecular formula is C20H14F4N2O2. The van der Waals surface area contributed by atoms with Crippen molar-refractivity contribution in [3.63, 3.8) is 0 Å². The van der Waals surface area contributed by atoms with Gasteiger partial charge < -0.3 is 4.98 Å². The number of alkyl halides is 3. The Morgan fingerprint density at radius 2 is 1.79 bits per heavy atom. The number of benzene rings is 1. The predicted molar refractivity (Wildman–Crippen MR) is 93.5 cm³/mol. The van der Waals surface area contributed by atoms with Crippen molar-refractivity contribution in [2.24, 2.45) is 0 Å². The molecule has 28 heavy (non-hydrogen) atoms. The number of hydrogen-bond donors (Lipinski definition) is 1. The number of carbonyl (C=O) groups is 1. The largest absolute Gasteiger partial charge is 0.416 e. The van der Waals surface area contributed by atoms with E-state index in [4.69, 9.17) is 0 Å². The van der Waals surface area contributed by atoms with Gasteiger partial charge in [-0.1, -0.05) is 12.1 Å². The molecule has 0 unspecified atom stereocenters. The van der Waals surface area contributed by atoms with Crippen LogP contribution in [0.5, 0.6) is 0 Å². The summed E-state index contributed by atoms with van der Waals surface area (Å²) in [5, 5.41) is 0. The smallest absolute Gasteiger partial charge is 0.328 e. The first-order chi connectivity index (χ1) is 13.3. The maximum atomic E-state index is 14.3. The van der Waals surface area contributed by atoms with Crippen LogP contribution in [0.4, 0.5) is 17.6 Å². The average molecular weight is 390 g/mol. The van der Waals surface area contributed by atoms with Gasteiger partial charge in [-0.15, -0.1) is 0 Å². The summed E-state index contributed by atoms with van der Waals surface area (Å²) in [4.78, 5) is 30.1. The van der Waals surface area contributed by atoms with Crippen molar-refractivity contribution in [1.29, 1.82) is 0 Å². The molecule has 0 fully saturated rings. The van der Waals surface area contributed by atoms with E-state index >= 15 is 0 Å². The Morgan fingerprint density at radius 1 is 1.07 bits per heavy atom. The van der Waals surface area contributed by atoms with E-state index in [-0.39, 0.29) is 23.2 Å². The third-order valence-corrected chi connectivity index (χ3v) is 4.25. The van der Waals surface area contributed by atoms with Crippen LogP contribution in [0.3, 0.4) is 0 Å². The maximum absolute atomic E-state index is 14.3. The summed E-state index contributed by atoms with van der Waals surface area (Å²) in [5.74, 6) is -1.96. The van der Waals surface area contributed by atoms with E-state index in [0.29, 0.717) is 5.56 Å². The number of Topliss-reactive ketones (excluding diaryl/α,β-unsaturated/α-hetero) is 1. The molecule has 4 nitrogen and oxygen atoms in total. The fourth-order valence-electron chi connectivity index (χ4n) is 2.82. The van der Waals surface area contributed by atoms with Crippen molar-refractivity contribution >= 4 is 5.78 Å². The van der Waals surface area contributed by atoms with Gasteiger partial charge in [0.2, 0.25) is 5.56 Å². The van der Waals surface area contributed by atoms with Crippen LogP contribution in [-0.2, 0) is 6.18 Å². The van der Waals surface area contributed by atoms with Gasteiger partial charge in [0.1, 0.15) is 5.82 Å². The van der Waals surface area contributed by atoms with E-state index in [2.05, 4.69) is 9.97 Å². The number of nitrogens with one attached hydrogen (secondary N) is 1. The minimum atomic E-state index is -4.50. The summed E-state index contributed by atoms with van der Waals surface area (Å²) in [6.07, 6.45) is -2.15. The Morgan fingerprint density at radius 3 is 2.36 bits per heavy atom. The normalized spacial score (nSPS) is 12.6. The molecule has 0 aliphatic rings. The summed E-state index contributed by atoms with van der Waals surface area (Å²) >= 11 is 0. The second kappa shape index (κ2) is 7.75. The zero-order valence-electron chi connectivity index (χ0n) is 14.3. The number of H-pyrrole nitrogens is 1. The number of pyridine rings is 2. The van der Waals surface area contributed by atoms with E-state index in [0.717, 1.165) is 12.1 Å². The predicted octanol–water partition coefficient (Wildman–Crippen LogP) is 4.33. The lowest BCUT2D eigenvalue weighted by Gasteiger charge is -2.18. The van der Waals surface area contributed by atoms with Gasteiger partial charge in [0.25, 0.3) is 0 Å². The minimum absolute atomic E-state index is 0.0416. The quantitative estimate of drug-likeness (QED) is 0.521. The van der Waals surface area contributed by atoms with Crippen LogP contribution in [-0.4, -0.2) is 15.8 Å². The number of aromatic amines is 1. The minimum Gasteiger partial charge on any atom is -0.328 e. The van der Waals surface area contributed by atoms with Crippen molar-refractivity contribution in [2.45, 2.75) is 18.5 Å². The number of hydrogen-bond acceptors (Lipinski definition) is 3. The van der Waals surface area contributed by atoms with Gasteiger partial charge in [0, 0.05) is 36.4 Å². The molecule has 0 amide bonds. The highest BCUT2D eigenvalue weighted by Gasteiger charge is 2.31.